The molecule has 0 bridgehead atoms. The number of aromatic carboxylic acids is 1. The molecule has 4 N–H and O–H groups in total. The number of amides is 2. The second-order valence-electron chi connectivity index (χ2n) is 3.77. The van der Waals surface area contributed by atoms with Gasteiger partial charge in [0.05, 0.1) is 24.1 Å². The molecule has 0 aliphatic carbocycles. The predicted octanol–water partition coefficient (Wildman–Crippen LogP) is 1.43. The van der Waals surface area contributed by atoms with Crippen LogP contribution in [0.4, 0.5) is 10.5 Å². The number of aromatic amines is 1. The number of hydrogen-bond donors (Lipinski definition) is 4. The minimum atomic E-state index is -1.00. The maximum Gasteiger partial charge on any atom is 0.335 e. The first kappa shape index (κ1) is 12.6. The summed E-state index contributed by atoms with van der Waals surface area (Å²) in [6, 6.07) is 5.52. The fourth-order valence-electron chi connectivity index (χ4n) is 1.43. The van der Waals surface area contributed by atoms with Crippen molar-refractivity contribution < 1.29 is 14.7 Å². The number of benzene rings is 1. The molecule has 2 rings (SSSR count). The van der Waals surface area contributed by atoms with Gasteiger partial charge >= 0.3 is 12.0 Å². The minimum absolute atomic E-state index is 0.170. The molecule has 0 atom stereocenters. The number of hydrogen-bond acceptors (Lipinski definition) is 3. The number of anilines is 1. The molecule has 0 fully saturated rings. The van der Waals surface area contributed by atoms with Crippen LogP contribution in [-0.4, -0.2) is 27.1 Å². The lowest BCUT2D eigenvalue weighted by Crippen LogP contribution is -2.28. The molecule has 0 saturated carbocycles. The van der Waals surface area contributed by atoms with Crippen LogP contribution in [0.2, 0.25) is 0 Å². The molecule has 0 aliphatic heterocycles. The second kappa shape index (κ2) is 5.67. The third-order valence-electron chi connectivity index (χ3n) is 2.38. The highest BCUT2D eigenvalue weighted by Crippen LogP contribution is 2.09. The Morgan fingerprint density at radius 1 is 1.26 bits per heavy atom. The number of urea groups is 1. The van der Waals surface area contributed by atoms with Crippen molar-refractivity contribution in [1.82, 2.24) is 15.3 Å². The lowest BCUT2D eigenvalue weighted by molar-refractivity contribution is 0.0697. The summed E-state index contributed by atoms with van der Waals surface area (Å²) < 4.78 is 0. The molecular weight excluding hydrogens is 248 g/mol. The molecule has 98 valence electrons. The van der Waals surface area contributed by atoms with E-state index in [0.29, 0.717) is 12.2 Å². The van der Waals surface area contributed by atoms with Crippen LogP contribution in [0, 0.1) is 0 Å². The molecular formula is C12H12N4O3. The highest BCUT2D eigenvalue weighted by Gasteiger charge is 2.04. The molecule has 7 heteroatoms. The van der Waals surface area contributed by atoms with E-state index in [4.69, 9.17) is 5.11 Å². The number of rotatable bonds is 4. The Bertz CT molecular complexity index is 563. The topological polar surface area (TPSA) is 107 Å². The molecule has 1 aromatic heterocycles. The molecule has 19 heavy (non-hydrogen) atoms. The predicted molar refractivity (Wildman–Crippen MR) is 67.8 cm³/mol. The maximum atomic E-state index is 11.6. The summed E-state index contributed by atoms with van der Waals surface area (Å²) in [6.45, 7) is 0.332. The van der Waals surface area contributed by atoms with Crippen molar-refractivity contribution in [3.63, 3.8) is 0 Å². The maximum absolute atomic E-state index is 11.6. The van der Waals surface area contributed by atoms with E-state index in [1.54, 1.807) is 6.20 Å². The SMILES string of the molecule is O=C(NCc1cnc[nH]1)Nc1ccc(C(=O)O)cc1. The van der Waals surface area contributed by atoms with Crippen molar-refractivity contribution >= 4 is 17.7 Å². The van der Waals surface area contributed by atoms with Gasteiger partial charge in [-0.3, -0.25) is 0 Å². The van der Waals surface area contributed by atoms with Gasteiger partial charge < -0.3 is 20.7 Å². The van der Waals surface area contributed by atoms with E-state index >= 15 is 0 Å². The van der Waals surface area contributed by atoms with Gasteiger partial charge in [-0.05, 0) is 24.3 Å². The fraction of sp³-hybridized carbons (Fsp3) is 0.0833. The molecule has 0 aliphatic rings. The third kappa shape index (κ3) is 3.56. The zero-order valence-corrected chi connectivity index (χ0v) is 9.88. The van der Waals surface area contributed by atoms with Crippen molar-refractivity contribution in [2.24, 2.45) is 0 Å². The van der Waals surface area contributed by atoms with Crippen LogP contribution in [0.3, 0.4) is 0 Å². The number of carbonyl (C=O) groups is 2. The number of aromatic nitrogens is 2. The first-order chi connectivity index (χ1) is 9.15. The van der Waals surface area contributed by atoms with Crippen molar-refractivity contribution in [1.29, 1.82) is 0 Å². The van der Waals surface area contributed by atoms with E-state index in [9.17, 15) is 9.59 Å². The Morgan fingerprint density at radius 2 is 2.00 bits per heavy atom. The number of carbonyl (C=O) groups excluding carboxylic acids is 1. The van der Waals surface area contributed by atoms with E-state index in [0.717, 1.165) is 5.69 Å². The first-order valence-corrected chi connectivity index (χ1v) is 5.50. The van der Waals surface area contributed by atoms with E-state index in [1.807, 2.05) is 0 Å². The van der Waals surface area contributed by atoms with Gasteiger partial charge in [-0.2, -0.15) is 0 Å². The molecule has 1 heterocycles. The zero-order chi connectivity index (χ0) is 13.7. The van der Waals surface area contributed by atoms with Crippen molar-refractivity contribution in [3.8, 4) is 0 Å². The summed E-state index contributed by atoms with van der Waals surface area (Å²) in [5.74, 6) is -1.00. The van der Waals surface area contributed by atoms with Crippen LogP contribution in [0.5, 0.6) is 0 Å². The van der Waals surface area contributed by atoms with Crippen LogP contribution >= 0.6 is 0 Å². The lowest BCUT2D eigenvalue weighted by atomic mass is 10.2. The molecule has 0 spiro atoms. The molecule has 2 amide bonds. The average molecular weight is 260 g/mol. The number of nitrogens with one attached hydrogen (secondary N) is 3. The van der Waals surface area contributed by atoms with Gasteiger partial charge in [0.25, 0.3) is 0 Å². The number of nitrogens with zero attached hydrogens (tertiary/aromatic N) is 1. The van der Waals surface area contributed by atoms with E-state index in [2.05, 4.69) is 20.6 Å². The number of carboxylic acid groups (broad SMARTS) is 1. The highest BCUT2D eigenvalue weighted by atomic mass is 16.4. The Labute approximate surface area is 108 Å². The summed E-state index contributed by atoms with van der Waals surface area (Å²) in [6.07, 6.45) is 3.14. The van der Waals surface area contributed by atoms with Crippen LogP contribution in [0.1, 0.15) is 16.1 Å². The molecule has 0 saturated heterocycles. The minimum Gasteiger partial charge on any atom is -0.478 e. The standard InChI is InChI=1S/C12H12N4O3/c17-11(18)8-1-3-9(4-2-8)16-12(19)14-6-10-5-13-7-15-10/h1-5,7H,6H2,(H,13,15)(H,17,18)(H2,14,16,19). The van der Waals surface area contributed by atoms with Crippen molar-refractivity contribution in [3.05, 3.63) is 48.0 Å². The number of carboxylic acids is 1. The summed E-state index contributed by atoms with van der Waals surface area (Å²) in [5, 5.41) is 14.0. The van der Waals surface area contributed by atoms with Gasteiger partial charge in [-0.1, -0.05) is 0 Å². The zero-order valence-electron chi connectivity index (χ0n) is 9.88. The summed E-state index contributed by atoms with van der Waals surface area (Å²) in [4.78, 5) is 28.9. The van der Waals surface area contributed by atoms with Crippen LogP contribution in [0.15, 0.2) is 36.8 Å². The smallest absolute Gasteiger partial charge is 0.335 e. The van der Waals surface area contributed by atoms with E-state index in [1.165, 1.54) is 30.6 Å². The Hall–Kier alpha value is -2.83. The molecule has 0 unspecified atom stereocenters. The average Bonchev–Trinajstić information content (AvgIpc) is 2.90. The monoisotopic (exact) mass is 260 g/mol. The van der Waals surface area contributed by atoms with Gasteiger partial charge in [0, 0.05) is 11.9 Å². The van der Waals surface area contributed by atoms with Gasteiger partial charge in [-0.25, -0.2) is 14.6 Å². The van der Waals surface area contributed by atoms with Crippen LogP contribution < -0.4 is 10.6 Å². The largest absolute Gasteiger partial charge is 0.478 e. The van der Waals surface area contributed by atoms with Crippen LogP contribution in [0.25, 0.3) is 0 Å². The third-order valence-corrected chi connectivity index (χ3v) is 2.38. The van der Waals surface area contributed by atoms with E-state index < -0.39 is 5.97 Å². The quantitative estimate of drug-likeness (QED) is 0.667. The van der Waals surface area contributed by atoms with Gasteiger partial charge in [0.15, 0.2) is 0 Å². The Balaban J connectivity index is 1.86. The summed E-state index contributed by atoms with van der Waals surface area (Å²) >= 11 is 0. The normalized spacial score (nSPS) is 9.89. The van der Waals surface area contributed by atoms with Gasteiger partial charge in [0.1, 0.15) is 0 Å². The van der Waals surface area contributed by atoms with E-state index in [-0.39, 0.29) is 11.6 Å². The second-order valence-corrected chi connectivity index (χ2v) is 3.77. The summed E-state index contributed by atoms with van der Waals surface area (Å²) in [7, 11) is 0. The molecule has 2 aromatic rings. The van der Waals surface area contributed by atoms with Gasteiger partial charge in [0.2, 0.25) is 0 Å². The Kier molecular flexibility index (Phi) is 3.77. The van der Waals surface area contributed by atoms with Crippen molar-refractivity contribution in [2.75, 3.05) is 5.32 Å². The molecule has 1 aromatic carbocycles. The lowest BCUT2D eigenvalue weighted by Gasteiger charge is -2.06. The first-order valence-electron chi connectivity index (χ1n) is 5.50. The summed E-state index contributed by atoms with van der Waals surface area (Å²) in [5.41, 5.74) is 1.48. The number of H-pyrrole nitrogens is 1. The highest BCUT2D eigenvalue weighted by molar-refractivity contribution is 5.91. The number of imidazole rings is 1. The van der Waals surface area contributed by atoms with Crippen LogP contribution in [-0.2, 0) is 6.54 Å². The van der Waals surface area contributed by atoms with Crippen molar-refractivity contribution in [2.45, 2.75) is 6.54 Å². The Morgan fingerprint density at radius 3 is 2.58 bits per heavy atom. The van der Waals surface area contributed by atoms with Gasteiger partial charge in [-0.15, -0.1) is 0 Å². The fourth-order valence-corrected chi connectivity index (χ4v) is 1.43. The molecule has 0 radical (unpaired) electrons. The molecule has 7 nitrogen and oxygen atoms in total.